The number of pyridine rings is 1. The molecule has 0 saturated heterocycles. The van der Waals surface area contributed by atoms with Gasteiger partial charge in [-0.25, -0.2) is 4.98 Å². The molecule has 3 rings (SSSR count). The molecular weight excluding hydrogens is 508 g/mol. The summed E-state index contributed by atoms with van der Waals surface area (Å²) < 4.78 is 17.3. The maximum atomic E-state index is 9.54. The SMILES string of the molecule is COCc1cc(C)nc(N/N=C\c2cc(Br)c(OCc3ccccc3Cl)c(OC)c2)c1C#N. The summed E-state index contributed by atoms with van der Waals surface area (Å²) in [6.45, 7) is 2.45. The zero-order valence-electron chi connectivity index (χ0n) is 18.4. The Morgan fingerprint density at radius 1 is 1.18 bits per heavy atom. The molecule has 1 heterocycles. The maximum absolute atomic E-state index is 9.54. The second kappa shape index (κ2) is 11.7. The molecule has 0 amide bonds. The van der Waals surface area contributed by atoms with E-state index in [4.69, 9.17) is 25.8 Å². The summed E-state index contributed by atoms with van der Waals surface area (Å²) in [5, 5.41) is 14.4. The average Bonchev–Trinajstić information content (AvgIpc) is 2.79. The van der Waals surface area contributed by atoms with Crippen LogP contribution in [0.2, 0.25) is 5.02 Å². The third kappa shape index (κ3) is 6.23. The Morgan fingerprint density at radius 3 is 2.67 bits per heavy atom. The van der Waals surface area contributed by atoms with Crippen molar-refractivity contribution >= 4 is 39.6 Å². The third-order valence-electron chi connectivity index (χ3n) is 4.61. The summed E-state index contributed by atoms with van der Waals surface area (Å²) >= 11 is 9.75. The molecule has 0 spiro atoms. The predicted molar refractivity (Wildman–Crippen MR) is 132 cm³/mol. The Hall–Kier alpha value is -3.12. The van der Waals surface area contributed by atoms with Gasteiger partial charge < -0.3 is 14.2 Å². The van der Waals surface area contributed by atoms with E-state index in [1.165, 1.54) is 0 Å². The molecule has 7 nitrogen and oxygen atoms in total. The van der Waals surface area contributed by atoms with E-state index in [-0.39, 0.29) is 0 Å². The number of hydrogen-bond acceptors (Lipinski definition) is 7. The molecule has 0 bridgehead atoms. The number of nitrogens with one attached hydrogen (secondary N) is 1. The van der Waals surface area contributed by atoms with E-state index in [0.717, 1.165) is 22.4 Å². The van der Waals surface area contributed by atoms with Crippen molar-refractivity contribution in [2.24, 2.45) is 5.10 Å². The van der Waals surface area contributed by atoms with Crippen LogP contribution in [0, 0.1) is 18.3 Å². The van der Waals surface area contributed by atoms with E-state index in [0.29, 0.717) is 45.6 Å². The second-order valence-corrected chi connectivity index (χ2v) is 8.24. The zero-order valence-corrected chi connectivity index (χ0v) is 20.7. The quantitative estimate of drug-likeness (QED) is 0.276. The number of anilines is 1. The number of hydrazone groups is 1. The molecule has 0 aliphatic rings. The van der Waals surface area contributed by atoms with Crippen LogP contribution in [0.1, 0.15) is 27.9 Å². The number of aryl methyl sites for hydroxylation is 1. The second-order valence-electron chi connectivity index (χ2n) is 6.98. The number of hydrogen-bond donors (Lipinski definition) is 1. The fourth-order valence-electron chi connectivity index (χ4n) is 3.10. The molecule has 2 aromatic carbocycles. The summed E-state index contributed by atoms with van der Waals surface area (Å²) in [4.78, 5) is 4.38. The Kier molecular flexibility index (Phi) is 8.66. The number of nitrogens with zero attached hydrogens (tertiary/aromatic N) is 3. The average molecular weight is 530 g/mol. The Bertz CT molecular complexity index is 1210. The van der Waals surface area contributed by atoms with Crippen molar-refractivity contribution in [3.05, 3.63) is 79.9 Å². The summed E-state index contributed by atoms with van der Waals surface area (Å²) in [6.07, 6.45) is 1.60. The van der Waals surface area contributed by atoms with Gasteiger partial charge in [0.2, 0.25) is 0 Å². The van der Waals surface area contributed by atoms with Crippen molar-refractivity contribution in [3.8, 4) is 17.6 Å². The van der Waals surface area contributed by atoms with Crippen LogP contribution < -0.4 is 14.9 Å². The Balaban J connectivity index is 1.79. The topological polar surface area (TPSA) is 88.8 Å². The van der Waals surface area contributed by atoms with Crippen molar-refractivity contribution in [3.63, 3.8) is 0 Å². The van der Waals surface area contributed by atoms with Crippen LogP contribution in [-0.2, 0) is 18.0 Å². The molecule has 170 valence electrons. The predicted octanol–water partition coefficient (Wildman–Crippen LogP) is 5.86. The number of aromatic nitrogens is 1. The Morgan fingerprint density at radius 2 is 1.97 bits per heavy atom. The van der Waals surface area contributed by atoms with Crippen molar-refractivity contribution in [1.82, 2.24) is 4.98 Å². The van der Waals surface area contributed by atoms with Gasteiger partial charge in [-0.3, -0.25) is 5.43 Å². The molecule has 0 radical (unpaired) electrons. The van der Waals surface area contributed by atoms with Gasteiger partial charge in [0.05, 0.1) is 24.4 Å². The van der Waals surface area contributed by atoms with Gasteiger partial charge in [-0.1, -0.05) is 29.8 Å². The largest absolute Gasteiger partial charge is 0.493 e. The lowest BCUT2D eigenvalue weighted by atomic mass is 10.1. The lowest BCUT2D eigenvalue weighted by molar-refractivity contribution is 0.184. The minimum atomic E-state index is 0.295. The smallest absolute Gasteiger partial charge is 0.175 e. The first-order valence-corrected chi connectivity index (χ1v) is 11.1. The van der Waals surface area contributed by atoms with Crippen LogP contribution in [0.25, 0.3) is 0 Å². The van der Waals surface area contributed by atoms with Gasteiger partial charge in [0.25, 0.3) is 0 Å². The molecule has 0 unspecified atom stereocenters. The summed E-state index contributed by atoms with van der Waals surface area (Å²) in [6, 6.07) is 15.1. The highest BCUT2D eigenvalue weighted by atomic mass is 79.9. The highest BCUT2D eigenvalue weighted by Gasteiger charge is 2.13. The summed E-state index contributed by atoms with van der Waals surface area (Å²) in [5.74, 6) is 1.46. The molecule has 33 heavy (non-hydrogen) atoms. The highest BCUT2D eigenvalue weighted by molar-refractivity contribution is 9.10. The van der Waals surface area contributed by atoms with E-state index in [2.05, 4.69) is 37.5 Å². The van der Waals surface area contributed by atoms with Gasteiger partial charge in [-0.05, 0) is 52.7 Å². The molecule has 0 aliphatic carbocycles. The van der Waals surface area contributed by atoms with Gasteiger partial charge >= 0.3 is 0 Å². The minimum absolute atomic E-state index is 0.295. The van der Waals surface area contributed by atoms with Crippen LogP contribution in [0.3, 0.4) is 0 Å². The fourth-order valence-corrected chi connectivity index (χ4v) is 3.87. The standard InChI is InChI=1S/C24H22BrClN4O3/c1-15-8-18(13-31-2)19(11-27)24(29-15)30-28-12-16-9-20(25)23(22(10-16)32-3)33-14-17-6-4-5-7-21(17)26/h4-10,12H,13-14H2,1-3H3,(H,29,30)/b28-12-. The molecule has 1 aromatic heterocycles. The highest BCUT2D eigenvalue weighted by Crippen LogP contribution is 2.37. The van der Waals surface area contributed by atoms with E-state index >= 15 is 0 Å². The van der Waals surface area contributed by atoms with E-state index < -0.39 is 0 Å². The normalized spacial score (nSPS) is 10.8. The van der Waals surface area contributed by atoms with Crippen LogP contribution in [0.5, 0.6) is 11.5 Å². The van der Waals surface area contributed by atoms with E-state index in [1.807, 2.05) is 43.3 Å². The number of nitriles is 1. The van der Waals surface area contributed by atoms with Crippen molar-refractivity contribution in [2.75, 3.05) is 19.6 Å². The first-order chi connectivity index (χ1) is 16.0. The number of halogens is 2. The molecule has 1 N–H and O–H groups in total. The first kappa shape index (κ1) is 24.5. The lowest BCUT2D eigenvalue weighted by Crippen LogP contribution is -2.04. The number of benzene rings is 2. The molecule has 0 atom stereocenters. The van der Waals surface area contributed by atoms with Crippen molar-refractivity contribution in [2.45, 2.75) is 20.1 Å². The molecule has 0 aliphatic heterocycles. The first-order valence-electron chi connectivity index (χ1n) is 9.89. The molecule has 0 fully saturated rings. The molecule has 0 saturated carbocycles. The van der Waals surface area contributed by atoms with Gasteiger partial charge in [0, 0.05) is 29.0 Å². The maximum Gasteiger partial charge on any atom is 0.175 e. The van der Waals surface area contributed by atoms with E-state index in [1.54, 1.807) is 26.5 Å². The third-order valence-corrected chi connectivity index (χ3v) is 5.56. The Labute approximate surface area is 206 Å². The van der Waals surface area contributed by atoms with Crippen LogP contribution >= 0.6 is 27.5 Å². The van der Waals surface area contributed by atoms with Gasteiger partial charge in [0.15, 0.2) is 17.3 Å². The minimum Gasteiger partial charge on any atom is -0.493 e. The molecular formula is C24H22BrClN4O3. The number of ether oxygens (including phenoxy) is 3. The summed E-state index contributed by atoms with van der Waals surface area (Å²) in [5.41, 5.74) is 6.36. The van der Waals surface area contributed by atoms with Crippen LogP contribution in [0.4, 0.5) is 5.82 Å². The monoisotopic (exact) mass is 528 g/mol. The van der Waals surface area contributed by atoms with Crippen LogP contribution in [-0.4, -0.2) is 25.4 Å². The molecule has 9 heteroatoms. The van der Waals surface area contributed by atoms with E-state index in [9.17, 15) is 5.26 Å². The molecule has 3 aromatic rings. The number of methoxy groups -OCH3 is 2. The van der Waals surface area contributed by atoms with Gasteiger partial charge in [0.1, 0.15) is 18.2 Å². The zero-order chi connectivity index (χ0) is 23.8. The number of rotatable bonds is 9. The van der Waals surface area contributed by atoms with Gasteiger partial charge in [-0.15, -0.1) is 0 Å². The van der Waals surface area contributed by atoms with Crippen LogP contribution in [0.15, 0.2) is 52.0 Å². The van der Waals surface area contributed by atoms with Crippen molar-refractivity contribution in [1.29, 1.82) is 5.26 Å². The fraction of sp³-hybridized carbons (Fsp3) is 0.208. The lowest BCUT2D eigenvalue weighted by Gasteiger charge is -2.14. The van der Waals surface area contributed by atoms with Gasteiger partial charge in [-0.2, -0.15) is 10.4 Å². The summed E-state index contributed by atoms with van der Waals surface area (Å²) in [7, 11) is 3.14. The van der Waals surface area contributed by atoms with Crippen molar-refractivity contribution < 1.29 is 14.2 Å².